The summed E-state index contributed by atoms with van der Waals surface area (Å²) < 4.78 is 11.5. The predicted molar refractivity (Wildman–Crippen MR) is 77.3 cm³/mol. The first-order valence-electron chi connectivity index (χ1n) is 6.72. The molecule has 5 heteroatoms. The molecule has 0 saturated carbocycles. The van der Waals surface area contributed by atoms with Crippen LogP contribution in [-0.2, 0) is 4.74 Å². The van der Waals surface area contributed by atoms with E-state index >= 15 is 0 Å². The lowest BCUT2D eigenvalue weighted by atomic mass is 9.94. The number of fused-ring (bicyclic) bond motifs is 1. The highest BCUT2D eigenvalue weighted by Crippen LogP contribution is 2.43. The van der Waals surface area contributed by atoms with E-state index in [1.165, 1.54) is 12.1 Å². The fourth-order valence-corrected chi connectivity index (χ4v) is 2.63. The van der Waals surface area contributed by atoms with Gasteiger partial charge in [0.2, 0.25) is 0 Å². The van der Waals surface area contributed by atoms with E-state index in [-0.39, 0.29) is 17.9 Å². The van der Waals surface area contributed by atoms with Gasteiger partial charge in [-0.25, -0.2) is 0 Å². The molecule has 1 heterocycles. The van der Waals surface area contributed by atoms with Crippen molar-refractivity contribution in [3.63, 3.8) is 0 Å². The number of ether oxygens (including phenoxy) is 2. The number of non-ortho nitro benzene ring substituents is 1. The average molecular weight is 285 g/mol. The van der Waals surface area contributed by atoms with Gasteiger partial charge in [0.05, 0.1) is 11.0 Å². The van der Waals surface area contributed by atoms with Crippen LogP contribution in [0.5, 0.6) is 5.75 Å². The molecule has 0 aliphatic carbocycles. The van der Waals surface area contributed by atoms with E-state index in [2.05, 4.69) is 0 Å². The highest BCUT2D eigenvalue weighted by Gasteiger charge is 2.30. The van der Waals surface area contributed by atoms with Crippen molar-refractivity contribution in [1.29, 1.82) is 0 Å². The Kier molecular flexibility index (Phi) is 3.58. The van der Waals surface area contributed by atoms with E-state index in [1.54, 1.807) is 13.2 Å². The van der Waals surface area contributed by atoms with Crippen molar-refractivity contribution in [2.45, 2.75) is 18.6 Å². The maximum absolute atomic E-state index is 10.9. The monoisotopic (exact) mass is 285 g/mol. The minimum absolute atomic E-state index is 0.0533. The molecular weight excluding hydrogens is 270 g/mol. The van der Waals surface area contributed by atoms with E-state index in [1.807, 2.05) is 30.3 Å². The Morgan fingerprint density at radius 3 is 2.67 bits per heavy atom. The molecule has 0 amide bonds. The van der Waals surface area contributed by atoms with E-state index in [0.717, 1.165) is 11.1 Å². The number of benzene rings is 2. The first kappa shape index (κ1) is 13.6. The van der Waals surface area contributed by atoms with Crippen molar-refractivity contribution < 1.29 is 14.4 Å². The molecule has 3 rings (SSSR count). The highest BCUT2D eigenvalue weighted by atomic mass is 16.6. The molecule has 0 radical (unpaired) electrons. The minimum atomic E-state index is -0.406. The van der Waals surface area contributed by atoms with Gasteiger partial charge in [-0.3, -0.25) is 10.1 Å². The van der Waals surface area contributed by atoms with E-state index < -0.39 is 4.92 Å². The standard InChI is InChI=1S/C16H15NO4/c1-20-16-10-15(11-5-3-2-4-6-11)21-14-8-7-12(17(18)19)9-13(14)16/h2-9,15-16H,10H2,1H3. The fourth-order valence-electron chi connectivity index (χ4n) is 2.63. The third kappa shape index (κ3) is 2.60. The summed E-state index contributed by atoms with van der Waals surface area (Å²) in [6.07, 6.45) is 0.318. The van der Waals surface area contributed by atoms with Crippen LogP contribution in [0, 0.1) is 10.1 Å². The molecule has 2 unspecified atom stereocenters. The number of rotatable bonds is 3. The Morgan fingerprint density at radius 2 is 2.00 bits per heavy atom. The lowest BCUT2D eigenvalue weighted by molar-refractivity contribution is -0.385. The third-order valence-corrected chi connectivity index (χ3v) is 3.70. The van der Waals surface area contributed by atoms with Crippen molar-refractivity contribution in [2.24, 2.45) is 0 Å². The summed E-state index contributed by atoms with van der Waals surface area (Å²) in [7, 11) is 1.61. The van der Waals surface area contributed by atoms with Crippen LogP contribution in [0.3, 0.4) is 0 Å². The normalized spacial score (nSPS) is 20.4. The van der Waals surface area contributed by atoms with Gasteiger partial charge in [0.25, 0.3) is 5.69 Å². The zero-order chi connectivity index (χ0) is 14.8. The van der Waals surface area contributed by atoms with E-state index in [4.69, 9.17) is 9.47 Å². The van der Waals surface area contributed by atoms with Crippen LogP contribution in [0.15, 0.2) is 48.5 Å². The molecule has 0 saturated heterocycles. The van der Waals surface area contributed by atoms with Gasteiger partial charge in [-0.05, 0) is 11.6 Å². The molecule has 0 spiro atoms. The molecule has 2 aromatic carbocycles. The Bertz CT molecular complexity index is 657. The number of nitro groups is 1. The smallest absolute Gasteiger partial charge is 0.270 e. The summed E-state index contributed by atoms with van der Waals surface area (Å²) in [5.41, 5.74) is 1.86. The first-order valence-corrected chi connectivity index (χ1v) is 6.72. The van der Waals surface area contributed by atoms with Gasteiger partial charge in [0, 0.05) is 31.2 Å². The number of hydrogen-bond acceptors (Lipinski definition) is 4. The van der Waals surface area contributed by atoms with Crippen molar-refractivity contribution in [3.8, 4) is 5.75 Å². The SMILES string of the molecule is COC1CC(c2ccccc2)Oc2ccc([N+](=O)[O-])cc21. The summed E-state index contributed by atoms with van der Waals surface area (Å²) in [5, 5.41) is 10.9. The summed E-state index contributed by atoms with van der Waals surface area (Å²) in [6, 6.07) is 14.5. The second-order valence-corrected chi connectivity index (χ2v) is 4.96. The molecule has 1 aliphatic heterocycles. The Hall–Kier alpha value is -2.40. The molecule has 5 nitrogen and oxygen atoms in total. The summed E-state index contributed by atoms with van der Waals surface area (Å²) in [4.78, 5) is 10.5. The number of methoxy groups -OCH3 is 1. The Labute approximate surface area is 122 Å². The fraction of sp³-hybridized carbons (Fsp3) is 0.250. The van der Waals surface area contributed by atoms with Crippen molar-refractivity contribution in [3.05, 3.63) is 69.8 Å². The van der Waals surface area contributed by atoms with E-state index in [0.29, 0.717) is 12.2 Å². The first-order chi connectivity index (χ1) is 10.2. The maximum Gasteiger partial charge on any atom is 0.270 e. The Morgan fingerprint density at radius 1 is 1.24 bits per heavy atom. The van der Waals surface area contributed by atoms with Crippen LogP contribution < -0.4 is 4.74 Å². The number of hydrogen-bond donors (Lipinski definition) is 0. The van der Waals surface area contributed by atoms with E-state index in [9.17, 15) is 10.1 Å². The second-order valence-electron chi connectivity index (χ2n) is 4.96. The van der Waals surface area contributed by atoms with Gasteiger partial charge in [-0.2, -0.15) is 0 Å². The number of nitrogens with zero attached hydrogens (tertiary/aromatic N) is 1. The molecule has 21 heavy (non-hydrogen) atoms. The molecule has 0 N–H and O–H groups in total. The van der Waals surface area contributed by atoms with Gasteiger partial charge in [0.15, 0.2) is 0 Å². The zero-order valence-electron chi connectivity index (χ0n) is 11.6. The van der Waals surface area contributed by atoms with Crippen molar-refractivity contribution in [1.82, 2.24) is 0 Å². The van der Waals surface area contributed by atoms with Gasteiger partial charge < -0.3 is 9.47 Å². The largest absolute Gasteiger partial charge is 0.485 e. The second kappa shape index (κ2) is 5.54. The summed E-state index contributed by atoms with van der Waals surface area (Å²) >= 11 is 0. The topological polar surface area (TPSA) is 61.6 Å². The average Bonchev–Trinajstić information content (AvgIpc) is 2.54. The predicted octanol–water partition coefficient (Wildman–Crippen LogP) is 3.81. The summed E-state index contributed by atoms with van der Waals surface area (Å²) in [5.74, 6) is 0.646. The van der Waals surface area contributed by atoms with Crippen molar-refractivity contribution >= 4 is 5.69 Å². The highest BCUT2D eigenvalue weighted by molar-refractivity contribution is 5.46. The molecule has 0 aromatic heterocycles. The summed E-state index contributed by atoms with van der Waals surface area (Å²) in [6.45, 7) is 0. The molecule has 2 atom stereocenters. The Balaban J connectivity index is 1.97. The lowest BCUT2D eigenvalue weighted by Gasteiger charge is -2.31. The molecule has 108 valence electrons. The maximum atomic E-state index is 10.9. The molecule has 0 bridgehead atoms. The quantitative estimate of drug-likeness (QED) is 0.635. The van der Waals surface area contributed by atoms with Crippen LogP contribution >= 0.6 is 0 Å². The van der Waals surface area contributed by atoms with Gasteiger partial charge in [0.1, 0.15) is 11.9 Å². The van der Waals surface area contributed by atoms with Crippen LogP contribution in [0.2, 0.25) is 0 Å². The van der Waals surface area contributed by atoms with Gasteiger partial charge >= 0.3 is 0 Å². The van der Waals surface area contributed by atoms with Crippen LogP contribution in [0.25, 0.3) is 0 Å². The van der Waals surface area contributed by atoms with Crippen molar-refractivity contribution in [2.75, 3.05) is 7.11 Å². The van der Waals surface area contributed by atoms with Gasteiger partial charge in [-0.1, -0.05) is 30.3 Å². The molecule has 1 aliphatic rings. The van der Waals surface area contributed by atoms with Crippen LogP contribution in [0.4, 0.5) is 5.69 Å². The van der Waals surface area contributed by atoms with Crippen LogP contribution in [-0.4, -0.2) is 12.0 Å². The zero-order valence-corrected chi connectivity index (χ0v) is 11.6. The third-order valence-electron chi connectivity index (χ3n) is 3.70. The van der Waals surface area contributed by atoms with Gasteiger partial charge in [-0.15, -0.1) is 0 Å². The minimum Gasteiger partial charge on any atom is -0.485 e. The molecular formula is C16H15NO4. The molecule has 0 fully saturated rings. The number of nitro benzene ring substituents is 1. The lowest BCUT2D eigenvalue weighted by Crippen LogP contribution is -2.20. The van der Waals surface area contributed by atoms with Crippen LogP contribution in [0.1, 0.15) is 29.8 Å². The molecule has 2 aromatic rings.